The van der Waals surface area contributed by atoms with Crippen LogP contribution in [0.25, 0.3) is 0 Å². The molecule has 0 unspecified atom stereocenters. The highest BCUT2D eigenvalue weighted by molar-refractivity contribution is 6.36. The maximum atomic E-state index is 12.4. The summed E-state index contributed by atoms with van der Waals surface area (Å²) >= 11 is 12.0. The highest BCUT2D eigenvalue weighted by Crippen LogP contribution is 2.50. The van der Waals surface area contributed by atoms with Crippen molar-refractivity contribution >= 4 is 29.1 Å². The zero-order valence-corrected chi connectivity index (χ0v) is 14.2. The fraction of sp³-hybridized carbons (Fsp3) is 0.278. The Labute approximate surface area is 145 Å². The lowest BCUT2D eigenvalue weighted by molar-refractivity contribution is 0.0949. The van der Waals surface area contributed by atoms with Crippen LogP contribution in [0.5, 0.6) is 5.75 Å². The molecule has 0 spiro atoms. The molecular formula is C18H17Cl2NO2. The molecule has 2 aromatic rings. The molecule has 0 aromatic heterocycles. The predicted molar refractivity (Wildman–Crippen MR) is 92.7 cm³/mol. The number of carbonyl (C=O) groups excluding carboxylic acids is 1. The van der Waals surface area contributed by atoms with E-state index in [2.05, 4.69) is 11.4 Å². The van der Waals surface area contributed by atoms with Gasteiger partial charge in [-0.3, -0.25) is 4.79 Å². The number of amides is 1. The number of benzene rings is 2. The van der Waals surface area contributed by atoms with E-state index in [1.54, 1.807) is 25.3 Å². The molecule has 2 aromatic carbocycles. The summed E-state index contributed by atoms with van der Waals surface area (Å²) in [5, 5.41) is 3.86. The van der Waals surface area contributed by atoms with Crippen molar-refractivity contribution in [2.24, 2.45) is 0 Å². The SMILES string of the molecule is COc1ccccc1C1(CNC(=O)c2ccc(Cl)cc2Cl)CC1. The van der Waals surface area contributed by atoms with Crippen LogP contribution in [0.1, 0.15) is 28.8 Å². The van der Waals surface area contributed by atoms with Crippen LogP contribution in [0.15, 0.2) is 42.5 Å². The number of para-hydroxylation sites is 1. The summed E-state index contributed by atoms with van der Waals surface area (Å²) < 4.78 is 5.45. The molecule has 1 saturated carbocycles. The fourth-order valence-corrected chi connectivity index (χ4v) is 3.29. The van der Waals surface area contributed by atoms with E-state index in [1.165, 1.54) is 0 Å². The molecule has 1 amide bonds. The number of nitrogens with one attached hydrogen (secondary N) is 1. The summed E-state index contributed by atoms with van der Waals surface area (Å²) in [6.45, 7) is 0.561. The van der Waals surface area contributed by atoms with Crippen molar-refractivity contribution in [1.82, 2.24) is 5.32 Å². The topological polar surface area (TPSA) is 38.3 Å². The van der Waals surface area contributed by atoms with Gasteiger partial charge in [-0.2, -0.15) is 0 Å². The average molecular weight is 350 g/mol. The maximum Gasteiger partial charge on any atom is 0.252 e. The van der Waals surface area contributed by atoms with Gasteiger partial charge in [0.1, 0.15) is 5.75 Å². The molecule has 0 aliphatic heterocycles. The van der Waals surface area contributed by atoms with Gasteiger partial charge in [-0.1, -0.05) is 41.4 Å². The summed E-state index contributed by atoms with van der Waals surface area (Å²) in [4.78, 5) is 12.4. The summed E-state index contributed by atoms with van der Waals surface area (Å²) in [6.07, 6.45) is 2.06. The number of ether oxygens (including phenoxy) is 1. The number of halogens is 2. The van der Waals surface area contributed by atoms with Crippen LogP contribution >= 0.6 is 23.2 Å². The standard InChI is InChI=1S/C18H17Cl2NO2/c1-23-16-5-3-2-4-14(16)18(8-9-18)11-21-17(22)13-7-6-12(19)10-15(13)20/h2-7,10H,8-9,11H2,1H3,(H,21,22). The number of hydrogen-bond acceptors (Lipinski definition) is 2. The molecule has 0 bridgehead atoms. The molecule has 5 heteroatoms. The molecule has 0 heterocycles. The first kappa shape index (κ1) is 16.2. The van der Waals surface area contributed by atoms with Crippen molar-refractivity contribution in [3.05, 3.63) is 63.6 Å². The minimum Gasteiger partial charge on any atom is -0.496 e. The zero-order valence-electron chi connectivity index (χ0n) is 12.7. The Hall–Kier alpha value is -1.71. The molecule has 3 nitrogen and oxygen atoms in total. The quantitative estimate of drug-likeness (QED) is 0.864. The van der Waals surface area contributed by atoms with Gasteiger partial charge in [0.2, 0.25) is 0 Å². The summed E-state index contributed by atoms with van der Waals surface area (Å²) in [7, 11) is 1.67. The third kappa shape index (κ3) is 3.31. The van der Waals surface area contributed by atoms with Gasteiger partial charge in [0.05, 0.1) is 17.7 Å². The second-order valence-corrected chi connectivity index (χ2v) is 6.63. The second-order valence-electron chi connectivity index (χ2n) is 5.79. The van der Waals surface area contributed by atoms with Gasteiger partial charge in [0, 0.05) is 22.5 Å². The van der Waals surface area contributed by atoms with E-state index in [4.69, 9.17) is 27.9 Å². The largest absolute Gasteiger partial charge is 0.496 e. The molecular weight excluding hydrogens is 333 g/mol. The van der Waals surface area contributed by atoms with Gasteiger partial charge in [0.15, 0.2) is 0 Å². The molecule has 1 aliphatic carbocycles. The number of rotatable bonds is 5. The minimum absolute atomic E-state index is 0.0405. The highest BCUT2D eigenvalue weighted by atomic mass is 35.5. The van der Waals surface area contributed by atoms with Gasteiger partial charge < -0.3 is 10.1 Å². The van der Waals surface area contributed by atoms with Crippen LogP contribution in [-0.4, -0.2) is 19.6 Å². The average Bonchev–Trinajstić information content (AvgIpc) is 3.33. The van der Waals surface area contributed by atoms with E-state index in [9.17, 15) is 4.79 Å². The molecule has 120 valence electrons. The Morgan fingerprint density at radius 3 is 2.61 bits per heavy atom. The van der Waals surface area contributed by atoms with Crippen molar-refractivity contribution in [1.29, 1.82) is 0 Å². The van der Waals surface area contributed by atoms with Crippen molar-refractivity contribution in [2.45, 2.75) is 18.3 Å². The van der Waals surface area contributed by atoms with Gasteiger partial charge in [0.25, 0.3) is 5.91 Å². The Kier molecular flexibility index (Phi) is 4.51. The lowest BCUT2D eigenvalue weighted by Crippen LogP contribution is -2.32. The molecule has 0 saturated heterocycles. The van der Waals surface area contributed by atoms with Crippen LogP contribution in [0, 0.1) is 0 Å². The third-order valence-electron chi connectivity index (χ3n) is 4.29. The molecule has 1 fully saturated rings. The normalized spacial score (nSPS) is 15.1. The van der Waals surface area contributed by atoms with Gasteiger partial charge in [-0.25, -0.2) is 0 Å². The third-order valence-corrected chi connectivity index (χ3v) is 4.84. The van der Waals surface area contributed by atoms with Crippen LogP contribution < -0.4 is 10.1 Å². The van der Waals surface area contributed by atoms with E-state index in [0.717, 1.165) is 24.2 Å². The monoisotopic (exact) mass is 349 g/mol. The summed E-state index contributed by atoms with van der Waals surface area (Å²) in [6, 6.07) is 12.8. The molecule has 1 N–H and O–H groups in total. The zero-order chi connectivity index (χ0) is 16.4. The van der Waals surface area contributed by atoms with Crippen LogP contribution in [0.2, 0.25) is 10.0 Å². The lowest BCUT2D eigenvalue weighted by atomic mass is 9.94. The molecule has 0 radical (unpaired) electrons. The molecule has 1 aliphatic rings. The van der Waals surface area contributed by atoms with E-state index in [1.807, 2.05) is 18.2 Å². The first-order valence-corrected chi connectivity index (χ1v) is 8.18. The van der Waals surface area contributed by atoms with E-state index in [0.29, 0.717) is 22.2 Å². The molecule has 0 atom stereocenters. The van der Waals surface area contributed by atoms with E-state index >= 15 is 0 Å². The van der Waals surface area contributed by atoms with Crippen LogP contribution in [0.3, 0.4) is 0 Å². The summed E-state index contributed by atoms with van der Waals surface area (Å²) in [5.74, 6) is 0.677. The first-order chi connectivity index (χ1) is 11.1. The Bertz CT molecular complexity index is 742. The Morgan fingerprint density at radius 2 is 1.96 bits per heavy atom. The van der Waals surface area contributed by atoms with E-state index in [-0.39, 0.29) is 11.3 Å². The highest BCUT2D eigenvalue weighted by Gasteiger charge is 2.46. The maximum absolute atomic E-state index is 12.4. The van der Waals surface area contributed by atoms with Gasteiger partial charge in [-0.05, 0) is 37.1 Å². The lowest BCUT2D eigenvalue weighted by Gasteiger charge is -2.19. The molecule has 3 rings (SSSR count). The van der Waals surface area contributed by atoms with Crippen molar-refractivity contribution in [2.75, 3.05) is 13.7 Å². The first-order valence-electron chi connectivity index (χ1n) is 7.42. The number of hydrogen-bond donors (Lipinski definition) is 1. The fourth-order valence-electron chi connectivity index (χ4n) is 2.79. The molecule has 23 heavy (non-hydrogen) atoms. The summed E-state index contributed by atoms with van der Waals surface area (Å²) in [5.41, 5.74) is 1.54. The van der Waals surface area contributed by atoms with E-state index < -0.39 is 0 Å². The van der Waals surface area contributed by atoms with Gasteiger partial charge >= 0.3 is 0 Å². The number of carbonyl (C=O) groups is 1. The predicted octanol–water partition coefficient (Wildman–Crippen LogP) is 4.46. The smallest absolute Gasteiger partial charge is 0.252 e. The van der Waals surface area contributed by atoms with Crippen molar-refractivity contribution in [3.63, 3.8) is 0 Å². The minimum atomic E-state index is -0.187. The Morgan fingerprint density at radius 1 is 1.22 bits per heavy atom. The van der Waals surface area contributed by atoms with Crippen LogP contribution in [0.4, 0.5) is 0 Å². The van der Waals surface area contributed by atoms with Crippen LogP contribution in [-0.2, 0) is 5.41 Å². The second kappa shape index (κ2) is 6.42. The Balaban J connectivity index is 1.74. The van der Waals surface area contributed by atoms with Crippen molar-refractivity contribution < 1.29 is 9.53 Å². The van der Waals surface area contributed by atoms with Gasteiger partial charge in [-0.15, -0.1) is 0 Å². The van der Waals surface area contributed by atoms with Crippen molar-refractivity contribution in [3.8, 4) is 5.75 Å². The number of methoxy groups -OCH3 is 1.